The van der Waals surface area contributed by atoms with Crippen LogP contribution in [0.4, 0.5) is 0 Å². The van der Waals surface area contributed by atoms with Crippen LogP contribution >= 0.6 is 0 Å². The fourth-order valence-corrected chi connectivity index (χ4v) is 2.31. The molecular weight excluding hydrogens is 240 g/mol. The number of ether oxygens (including phenoxy) is 1. The Morgan fingerprint density at radius 2 is 2.21 bits per heavy atom. The minimum absolute atomic E-state index is 0.0204. The van der Waals surface area contributed by atoms with Gasteiger partial charge in [-0.1, -0.05) is 30.3 Å². The molecule has 0 saturated carbocycles. The van der Waals surface area contributed by atoms with Crippen LogP contribution in [0.15, 0.2) is 36.7 Å². The van der Waals surface area contributed by atoms with E-state index in [0.29, 0.717) is 0 Å². The van der Waals surface area contributed by atoms with E-state index < -0.39 is 0 Å². The summed E-state index contributed by atoms with van der Waals surface area (Å²) >= 11 is 0. The van der Waals surface area contributed by atoms with Gasteiger partial charge >= 0.3 is 0 Å². The Kier molecular flexibility index (Phi) is 3.86. The smallest absolute Gasteiger partial charge is 0.163 e. The standard InChI is InChI=1S/C14H18N4O/c1-2-4-12(5-3-1)6-8-18-11-16-17-14(18)13-10-15-7-9-19-13/h1-5,11,13,15H,6-10H2. The lowest BCUT2D eigenvalue weighted by Crippen LogP contribution is -2.34. The number of hydrogen-bond acceptors (Lipinski definition) is 4. The average Bonchev–Trinajstić information content (AvgIpc) is 2.95. The predicted molar refractivity (Wildman–Crippen MR) is 71.7 cm³/mol. The highest BCUT2D eigenvalue weighted by atomic mass is 16.5. The van der Waals surface area contributed by atoms with Crippen LogP contribution in [0.25, 0.3) is 0 Å². The number of morpholine rings is 1. The first-order valence-corrected chi connectivity index (χ1v) is 6.67. The van der Waals surface area contributed by atoms with Gasteiger partial charge in [-0.15, -0.1) is 10.2 Å². The van der Waals surface area contributed by atoms with Crippen molar-refractivity contribution in [3.05, 3.63) is 48.0 Å². The van der Waals surface area contributed by atoms with Crippen LogP contribution in [0.3, 0.4) is 0 Å². The van der Waals surface area contributed by atoms with Gasteiger partial charge in [-0.25, -0.2) is 0 Å². The van der Waals surface area contributed by atoms with Gasteiger partial charge in [0.2, 0.25) is 0 Å². The van der Waals surface area contributed by atoms with Gasteiger partial charge in [-0.3, -0.25) is 0 Å². The second-order valence-electron chi connectivity index (χ2n) is 4.68. The molecule has 1 aliphatic rings. The second kappa shape index (κ2) is 5.95. The lowest BCUT2D eigenvalue weighted by molar-refractivity contribution is 0.0197. The number of hydrogen-bond donors (Lipinski definition) is 1. The van der Waals surface area contributed by atoms with Crippen molar-refractivity contribution in [1.29, 1.82) is 0 Å². The third-order valence-electron chi connectivity index (χ3n) is 3.35. The Bertz CT molecular complexity index is 505. The van der Waals surface area contributed by atoms with Crippen LogP contribution in [-0.4, -0.2) is 34.5 Å². The molecule has 1 aromatic heterocycles. The molecule has 0 aliphatic carbocycles. The fourth-order valence-electron chi connectivity index (χ4n) is 2.31. The van der Waals surface area contributed by atoms with Gasteiger partial charge in [-0.2, -0.15) is 0 Å². The maximum atomic E-state index is 5.73. The Morgan fingerprint density at radius 1 is 1.32 bits per heavy atom. The summed E-state index contributed by atoms with van der Waals surface area (Å²) in [5.41, 5.74) is 1.32. The summed E-state index contributed by atoms with van der Waals surface area (Å²) in [6.07, 6.45) is 2.79. The van der Waals surface area contributed by atoms with E-state index in [1.54, 1.807) is 6.33 Å². The van der Waals surface area contributed by atoms with Crippen LogP contribution in [0.5, 0.6) is 0 Å². The van der Waals surface area contributed by atoms with Gasteiger partial charge in [0.05, 0.1) is 6.61 Å². The third kappa shape index (κ3) is 3.00. The molecule has 2 aromatic rings. The maximum absolute atomic E-state index is 5.73. The van der Waals surface area contributed by atoms with Crippen molar-refractivity contribution in [1.82, 2.24) is 20.1 Å². The average molecular weight is 258 g/mol. The first-order valence-electron chi connectivity index (χ1n) is 6.67. The van der Waals surface area contributed by atoms with Crippen molar-refractivity contribution in [2.24, 2.45) is 0 Å². The predicted octanol–water partition coefficient (Wildman–Crippen LogP) is 1.18. The molecule has 5 heteroatoms. The van der Waals surface area contributed by atoms with Gasteiger partial charge in [0.15, 0.2) is 5.82 Å². The quantitative estimate of drug-likeness (QED) is 0.895. The zero-order valence-electron chi connectivity index (χ0n) is 10.8. The Morgan fingerprint density at radius 3 is 3.00 bits per heavy atom. The number of aromatic nitrogens is 3. The van der Waals surface area contributed by atoms with E-state index >= 15 is 0 Å². The van der Waals surface area contributed by atoms with Gasteiger partial charge < -0.3 is 14.6 Å². The Labute approximate surface area is 112 Å². The number of aryl methyl sites for hydroxylation is 2. The summed E-state index contributed by atoms with van der Waals surface area (Å²) in [6, 6.07) is 10.5. The lowest BCUT2D eigenvalue weighted by Gasteiger charge is -2.23. The monoisotopic (exact) mass is 258 g/mol. The van der Waals surface area contributed by atoms with Crippen LogP contribution in [0.1, 0.15) is 17.5 Å². The van der Waals surface area contributed by atoms with E-state index in [1.807, 2.05) is 6.07 Å². The second-order valence-corrected chi connectivity index (χ2v) is 4.68. The molecule has 1 aliphatic heterocycles. The Hall–Kier alpha value is -1.72. The molecule has 1 unspecified atom stereocenters. The van der Waals surface area contributed by atoms with Crippen molar-refractivity contribution in [2.45, 2.75) is 19.1 Å². The van der Waals surface area contributed by atoms with Crippen LogP contribution in [-0.2, 0) is 17.7 Å². The number of rotatable bonds is 4. The molecule has 0 radical (unpaired) electrons. The van der Waals surface area contributed by atoms with Crippen LogP contribution < -0.4 is 5.32 Å². The largest absolute Gasteiger partial charge is 0.368 e. The first-order chi connectivity index (χ1) is 9.43. The summed E-state index contributed by atoms with van der Waals surface area (Å²) in [5, 5.41) is 11.5. The molecule has 1 saturated heterocycles. The number of benzene rings is 1. The molecule has 19 heavy (non-hydrogen) atoms. The van der Waals surface area contributed by atoms with Crippen LogP contribution in [0, 0.1) is 0 Å². The first kappa shape index (κ1) is 12.3. The number of nitrogens with one attached hydrogen (secondary N) is 1. The van der Waals surface area contributed by atoms with Gasteiger partial charge in [0, 0.05) is 19.6 Å². The van der Waals surface area contributed by atoms with Crippen molar-refractivity contribution >= 4 is 0 Å². The van der Waals surface area contributed by atoms with E-state index in [2.05, 4.69) is 44.3 Å². The number of nitrogens with zero attached hydrogens (tertiary/aromatic N) is 3. The summed E-state index contributed by atoms with van der Waals surface area (Å²) in [6.45, 7) is 3.33. The molecular formula is C14H18N4O. The maximum Gasteiger partial charge on any atom is 0.163 e. The van der Waals surface area contributed by atoms with E-state index in [-0.39, 0.29) is 6.10 Å². The summed E-state index contributed by atoms with van der Waals surface area (Å²) < 4.78 is 7.82. The van der Waals surface area contributed by atoms with E-state index in [1.165, 1.54) is 5.56 Å². The van der Waals surface area contributed by atoms with E-state index in [9.17, 15) is 0 Å². The highest BCUT2D eigenvalue weighted by Gasteiger charge is 2.20. The zero-order valence-corrected chi connectivity index (χ0v) is 10.8. The lowest BCUT2D eigenvalue weighted by atomic mass is 10.1. The van der Waals surface area contributed by atoms with E-state index in [0.717, 1.165) is 38.5 Å². The topological polar surface area (TPSA) is 52.0 Å². The molecule has 0 spiro atoms. The van der Waals surface area contributed by atoms with Crippen molar-refractivity contribution < 1.29 is 4.74 Å². The fraction of sp³-hybridized carbons (Fsp3) is 0.429. The highest BCUT2D eigenvalue weighted by molar-refractivity contribution is 5.14. The van der Waals surface area contributed by atoms with Crippen molar-refractivity contribution in [3.63, 3.8) is 0 Å². The van der Waals surface area contributed by atoms with Gasteiger partial charge in [0.25, 0.3) is 0 Å². The molecule has 0 bridgehead atoms. The minimum atomic E-state index is 0.0204. The molecule has 100 valence electrons. The third-order valence-corrected chi connectivity index (χ3v) is 3.35. The Balaban J connectivity index is 1.66. The summed E-state index contributed by atoms with van der Waals surface area (Å²) in [4.78, 5) is 0. The molecule has 2 heterocycles. The highest BCUT2D eigenvalue weighted by Crippen LogP contribution is 2.16. The van der Waals surface area contributed by atoms with Crippen molar-refractivity contribution in [3.8, 4) is 0 Å². The molecule has 1 atom stereocenters. The zero-order chi connectivity index (χ0) is 12.9. The SMILES string of the molecule is c1ccc(CCn2cnnc2C2CNCCO2)cc1. The molecule has 1 N–H and O–H groups in total. The molecule has 0 amide bonds. The molecule has 5 nitrogen and oxygen atoms in total. The summed E-state index contributed by atoms with van der Waals surface area (Å²) in [5.74, 6) is 0.920. The molecule has 1 aromatic carbocycles. The normalized spacial score (nSPS) is 19.5. The molecule has 1 fully saturated rings. The van der Waals surface area contributed by atoms with Crippen LogP contribution in [0.2, 0.25) is 0 Å². The summed E-state index contributed by atoms with van der Waals surface area (Å²) in [7, 11) is 0. The van der Waals surface area contributed by atoms with Crippen molar-refractivity contribution in [2.75, 3.05) is 19.7 Å². The van der Waals surface area contributed by atoms with Gasteiger partial charge in [-0.05, 0) is 12.0 Å². The molecule has 3 rings (SSSR count). The van der Waals surface area contributed by atoms with E-state index in [4.69, 9.17) is 4.74 Å². The minimum Gasteiger partial charge on any atom is -0.368 e. The van der Waals surface area contributed by atoms with Gasteiger partial charge in [0.1, 0.15) is 12.4 Å².